The van der Waals surface area contributed by atoms with Crippen molar-refractivity contribution in [3.8, 4) is 11.5 Å². The van der Waals surface area contributed by atoms with Crippen LogP contribution in [-0.4, -0.2) is 28.6 Å². The van der Waals surface area contributed by atoms with E-state index in [1.807, 2.05) is 48.5 Å². The van der Waals surface area contributed by atoms with E-state index in [4.69, 9.17) is 13.9 Å². The molecule has 0 aromatic heterocycles. The molecule has 0 saturated carbocycles. The molecule has 0 aliphatic carbocycles. The van der Waals surface area contributed by atoms with E-state index in [1.54, 1.807) is 7.11 Å². The largest absolute Gasteiger partial charge is 0.497 e. The Morgan fingerprint density at radius 2 is 1.33 bits per heavy atom. The predicted molar refractivity (Wildman–Crippen MR) is 116 cm³/mol. The van der Waals surface area contributed by atoms with Gasteiger partial charge in [-0.15, -0.1) is 0 Å². The van der Waals surface area contributed by atoms with Gasteiger partial charge in [-0.05, 0) is 66.7 Å². The second kappa shape index (κ2) is 9.29. The molecule has 0 fully saturated rings. The number of benzene rings is 2. The van der Waals surface area contributed by atoms with Crippen LogP contribution in [0.25, 0.3) is 0 Å². The van der Waals surface area contributed by atoms with Gasteiger partial charge in [0.1, 0.15) is 11.5 Å². The molecule has 2 rings (SSSR count). The van der Waals surface area contributed by atoms with E-state index in [0.29, 0.717) is 6.61 Å². The second-order valence-electron chi connectivity index (χ2n) is 8.19. The molecule has 1 N–H and O–H groups in total. The summed E-state index contributed by atoms with van der Waals surface area (Å²) in [5.74, 6) is 1.73. The third kappa shape index (κ3) is 6.59. The van der Waals surface area contributed by atoms with Crippen LogP contribution in [0.4, 0.5) is 11.4 Å². The van der Waals surface area contributed by atoms with E-state index in [9.17, 15) is 0 Å². The molecule has 0 radical (unpaired) electrons. The lowest BCUT2D eigenvalue weighted by molar-refractivity contribution is 0.234. The number of hydrogen-bond acceptors (Lipinski definition) is 4. The summed E-state index contributed by atoms with van der Waals surface area (Å²) in [4.78, 5) is 0. The van der Waals surface area contributed by atoms with Gasteiger partial charge in [0.15, 0.2) is 8.32 Å². The zero-order chi connectivity index (χ0) is 19.9. The summed E-state index contributed by atoms with van der Waals surface area (Å²) in [6.45, 7) is 12.8. The SMILES string of the molecule is COc1ccc(Nc2ccc(OCCCO[Si](C)(C)C(C)(C)C)cc2)cc1. The van der Waals surface area contributed by atoms with Gasteiger partial charge in [-0.1, -0.05) is 20.8 Å². The fourth-order valence-corrected chi connectivity index (χ4v) is 3.36. The first kappa shape index (κ1) is 21.3. The number of nitrogens with one attached hydrogen (secondary N) is 1. The molecule has 0 heterocycles. The molecule has 0 unspecified atom stereocenters. The monoisotopic (exact) mass is 387 g/mol. The van der Waals surface area contributed by atoms with Crippen LogP contribution in [0.1, 0.15) is 27.2 Å². The van der Waals surface area contributed by atoms with Crippen LogP contribution in [0.3, 0.4) is 0 Å². The van der Waals surface area contributed by atoms with Crippen LogP contribution in [-0.2, 0) is 4.43 Å². The molecule has 0 bridgehead atoms. The van der Waals surface area contributed by atoms with Crippen LogP contribution >= 0.6 is 0 Å². The average Bonchev–Trinajstić information content (AvgIpc) is 2.62. The highest BCUT2D eigenvalue weighted by Gasteiger charge is 2.36. The topological polar surface area (TPSA) is 39.7 Å². The molecule has 27 heavy (non-hydrogen) atoms. The molecular formula is C22H33NO3Si. The maximum absolute atomic E-state index is 6.17. The van der Waals surface area contributed by atoms with Gasteiger partial charge in [-0.2, -0.15) is 0 Å². The summed E-state index contributed by atoms with van der Waals surface area (Å²) in [7, 11) is 0.0107. The highest BCUT2D eigenvalue weighted by Crippen LogP contribution is 2.36. The highest BCUT2D eigenvalue weighted by atomic mass is 28.4. The van der Waals surface area contributed by atoms with Crippen LogP contribution in [0, 0.1) is 0 Å². The Labute approximate surface area is 165 Å². The van der Waals surface area contributed by atoms with E-state index in [-0.39, 0.29) is 5.04 Å². The molecule has 2 aromatic rings. The fraction of sp³-hybridized carbons (Fsp3) is 0.455. The van der Waals surface area contributed by atoms with Crippen molar-refractivity contribution in [3.05, 3.63) is 48.5 Å². The van der Waals surface area contributed by atoms with Crippen molar-refractivity contribution in [3.63, 3.8) is 0 Å². The quantitative estimate of drug-likeness (QED) is 0.409. The summed E-state index contributed by atoms with van der Waals surface area (Å²) >= 11 is 0. The van der Waals surface area contributed by atoms with E-state index in [1.165, 1.54) is 0 Å². The Bertz CT molecular complexity index is 691. The van der Waals surface area contributed by atoms with Gasteiger partial charge in [-0.25, -0.2) is 0 Å². The number of anilines is 2. The van der Waals surface area contributed by atoms with Gasteiger partial charge < -0.3 is 19.2 Å². The van der Waals surface area contributed by atoms with Gasteiger partial charge in [0.05, 0.1) is 13.7 Å². The van der Waals surface area contributed by atoms with Crippen molar-refractivity contribution in [1.82, 2.24) is 0 Å². The van der Waals surface area contributed by atoms with Gasteiger partial charge in [0.25, 0.3) is 0 Å². The van der Waals surface area contributed by atoms with Crippen molar-refractivity contribution < 1.29 is 13.9 Å². The van der Waals surface area contributed by atoms with E-state index >= 15 is 0 Å². The Morgan fingerprint density at radius 3 is 1.81 bits per heavy atom. The fourth-order valence-electron chi connectivity index (χ4n) is 2.27. The Kier molecular flexibility index (Phi) is 7.33. The molecule has 0 spiro atoms. The van der Waals surface area contributed by atoms with Crippen molar-refractivity contribution in [1.29, 1.82) is 0 Å². The summed E-state index contributed by atoms with van der Waals surface area (Å²) in [6, 6.07) is 15.9. The molecule has 2 aromatic carbocycles. The minimum atomic E-state index is -1.66. The zero-order valence-corrected chi connectivity index (χ0v) is 18.5. The first-order valence-electron chi connectivity index (χ1n) is 9.49. The van der Waals surface area contributed by atoms with Crippen LogP contribution in [0.5, 0.6) is 11.5 Å². The van der Waals surface area contributed by atoms with Gasteiger partial charge in [0.2, 0.25) is 0 Å². The van der Waals surface area contributed by atoms with E-state index in [2.05, 4.69) is 39.2 Å². The predicted octanol–water partition coefficient (Wildman–Crippen LogP) is 6.23. The van der Waals surface area contributed by atoms with E-state index < -0.39 is 8.32 Å². The van der Waals surface area contributed by atoms with Gasteiger partial charge >= 0.3 is 0 Å². The third-order valence-corrected chi connectivity index (χ3v) is 9.60. The molecule has 148 valence electrons. The molecule has 0 aliphatic rings. The minimum Gasteiger partial charge on any atom is -0.497 e. The van der Waals surface area contributed by atoms with Gasteiger partial charge in [-0.3, -0.25) is 0 Å². The molecule has 4 nitrogen and oxygen atoms in total. The number of ether oxygens (including phenoxy) is 2. The van der Waals surface area contributed by atoms with Crippen molar-refractivity contribution in [2.24, 2.45) is 0 Å². The number of rotatable bonds is 9. The van der Waals surface area contributed by atoms with Crippen molar-refractivity contribution >= 4 is 19.7 Å². The molecule has 0 aliphatic heterocycles. The van der Waals surface area contributed by atoms with Crippen LogP contribution in [0.15, 0.2) is 48.5 Å². The first-order chi connectivity index (χ1) is 12.7. The molecule has 0 saturated heterocycles. The van der Waals surface area contributed by atoms with Crippen molar-refractivity contribution in [2.75, 3.05) is 25.6 Å². The average molecular weight is 388 g/mol. The lowest BCUT2D eigenvalue weighted by Crippen LogP contribution is -2.41. The Morgan fingerprint density at radius 1 is 0.815 bits per heavy atom. The maximum Gasteiger partial charge on any atom is 0.191 e. The Balaban J connectivity index is 1.74. The molecule has 5 heteroatoms. The zero-order valence-electron chi connectivity index (χ0n) is 17.5. The standard InChI is InChI=1S/C22H33NO3Si/c1-22(2,3)27(5,6)26-17-7-16-25-21-14-10-19(11-15-21)23-18-8-12-20(24-4)13-9-18/h8-15,23H,7,16-17H2,1-6H3. The third-order valence-electron chi connectivity index (χ3n) is 5.06. The molecular weight excluding hydrogens is 354 g/mol. The smallest absolute Gasteiger partial charge is 0.191 e. The minimum absolute atomic E-state index is 0.251. The van der Waals surface area contributed by atoms with Crippen molar-refractivity contribution in [2.45, 2.75) is 45.3 Å². The molecule has 0 atom stereocenters. The van der Waals surface area contributed by atoms with Crippen LogP contribution < -0.4 is 14.8 Å². The normalized spacial score (nSPS) is 11.9. The molecule has 0 amide bonds. The highest BCUT2D eigenvalue weighted by molar-refractivity contribution is 6.74. The number of methoxy groups -OCH3 is 1. The first-order valence-corrected chi connectivity index (χ1v) is 12.4. The summed E-state index contributed by atoms with van der Waals surface area (Å²) < 4.78 is 17.2. The summed E-state index contributed by atoms with van der Waals surface area (Å²) in [6.07, 6.45) is 0.901. The van der Waals surface area contributed by atoms with Crippen LogP contribution in [0.2, 0.25) is 18.1 Å². The lowest BCUT2D eigenvalue weighted by Gasteiger charge is -2.36. The maximum atomic E-state index is 6.17. The van der Waals surface area contributed by atoms with E-state index in [0.717, 1.165) is 35.9 Å². The Hall–Kier alpha value is -1.98. The number of hydrogen-bond donors (Lipinski definition) is 1. The summed E-state index contributed by atoms with van der Waals surface area (Å²) in [5.41, 5.74) is 2.04. The summed E-state index contributed by atoms with van der Waals surface area (Å²) in [5, 5.41) is 3.61. The second-order valence-corrected chi connectivity index (χ2v) is 13.0. The van der Waals surface area contributed by atoms with Gasteiger partial charge in [0, 0.05) is 24.4 Å². The lowest BCUT2D eigenvalue weighted by atomic mass is 10.2.